The number of carbonyl (C=O) groups excluding carboxylic acids is 6. The Morgan fingerprint density at radius 1 is 0.602 bits per heavy atom. The van der Waals surface area contributed by atoms with Gasteiger partial charge in [-0.1, -0.05) is 98.4 Å². The summed E-state index contributed by atoms with van der Waals surface area (Å²) in [6.45, 7) is 20.7. The first-order valence-corrected chi connectivity index (χ1v) is 29.9. The van der Waals surface area contributed by atoms with Crippen LogP contribution in [0.4, 0.5) is 0 Å². The Labute approximate surface area is 520 Å². The van der Waals surface area contributed by atoms with Gasteiger partial charge in [-0.3, -0.25) is 38.8 Å². The molecule has 14 nitrogen and oxygen atoms in total. The molecule has 2 heterocycles. The van der Waals surface area contributed by atoms with E-state index in [2.05, 4.69) is 33.0 Å². The van der Waals surface area contributed by atoms with Crippen molar-refractivity contribution in [2.45, 2.75) is 163 Å². The van der Waals surface area contributed by atoms with Crippen molar-refractivity contribution in [3.05, 3.63) is 138 Å². The summed E-state index contributed by atoms with van der Waals surface area (Å²) in [5.74, 6) is 1.16. The van der Waals surface area contributed by atoms with Crippen LogP contribution in [0, 0.1) is 23.7 Å². The highest BCUT2D eigenvalue weighted by Gasteiger charge is 2.51. The van der Waals surface area contributed by atoms with Gasteiger partial charge >= 0.3 is 11.9 Å². The SMILES string of the molecule is CC(C)(C)OC(=O)CN.CC(C)C1CCC2(CC1)N=C(c1cc(Cl)cc(Cl)c1)C(=O)N2Cc1ccc(C(=O)Cl)cc1.CC(C)C1CCC2(CC1)N=C(c1cc(Cl)cc(Cl)c1)C(=O)N2Cc1ccc(C(=O)NCCC(=O)OC(C)(C)C)cc1.Cl. The average Bonchev–Trinajstić information content (AvgIpc) is 2.18. The smallest absolute Gasteiger partial charge is 0.320 e. The Bertz CT molecular complexity index is 2990. The number of nitrogens with zero attached hydrogens (tertiary/aromatic N) is 4. The van der Waals surface area contributed by atoms with Gasteiger partial charge in [-0.15, -0.1) is 12.4 Å². The number of hydrogen-bond acceptors (Lipinski definition) is 11. The van der Waals surface area contributed by atoms with E-state index in [1.165, 1.54) is 0 Å². The minimum Gasteiger partial charge on any atom is -0.460 e. The first-order valence-electron chi connectivity index (χ1n) is 28.0. The van der Waals surface area contributed by atoms with Crippen LogP contribution < -0.4 is 11.1 Å². The van der Waals surface area contributed by atoms with Crippen LogP contribution in [0.3, 0.4) is 0 Å². The number of nitrogens with one attached hydrogen (secondary N) is 1. The van der Waals surface area contributed by atoms with Crippen LogP contribution in [0.25, 0.3) is 0 Å². The van der Waals surface area contributed by atoms with Crippen molar-refractivity contribution in [3.8, 4) is 0 Å². The van der Waals surface area contributed by atoms with E-state index in [0.29, 0.717) is 90.5 Å². The Morgan fingerprint density at radius 2 is 0.952 bits per heavy atom. The topological polar surface area (TPSA) is 190 Å². The number of nitrogens with two attached hydrogens (primary N) is 1. The van der Waals surface area contributed by atoms with Crippen LogP contribution in [-0.4, -0.2) is 91.7 Å². The predicted octanol–water partition coefficient (Wildman–Crippen LogP) is 14.3. The van der Waals surface area contributed by atoms with E-state index in [0.717, 1.165) is 62.5 Å². The second-order valence-corrected chi connectivity index (χ2v) is 26.3. The number of benzene rings is 4. The lowest BCUT2D eigenvalue weighted by Crippen LogP contribution is -2.48. The molecule has 4 aliphatic rings. The molecule has 0 saturated heterocycles. The van der Waals surface area contributed by atoms with Gasteiger partial charge < -0.3 is 30.3 Å². The largest absolute Gasteiger partial charge is 0.460 e. The van der Waals surface area contributed by atoms with Crippen molar-refractivity contribution < 1.29 is 38.2 Å². The van der Waals surface area contributed by atoms with Gasteiger partial charge in [0.25, 0.3) is 23.0 Å². The highest BCUT2D eigenvalue weighted by molar-refractivity contribution is 6.67. The third kappa shape index (κ3) is 19.0. The van der Waals surface area contributed by atoms with Gasteiger partial charge in [-0.05, 0) is 200 Å². The maximum Gasteiger partial charge on any atom is 0.320 e. The van der Waals surface area contributed by atoms with Crippen LogP contribution in [0.1, 0.15) is 170 Å². The molecule has 4 aromatic rings. The molecule has 0 atom stereocenters. The van der Waals surface area contributed by atoms with Crippen molar-refractivity contribution in [2.75, 3.05) is 13.1 Å². The summed E-state index contributed by atoms with van der Waals surface area (Å²) in [5.41, 5.74) is 7.63. The van der Waals surface area contributed by atoms with Crippen molar-refractivity contribution in [3.63, 3.8) is 0 Å². The van der Waals surface area contributed by atoms with Crippen LogP contribution in [0.15, 0.2) is 94.9 Å². The summed E-state index contributed by atoms with van der Waals surface area (Å²) >= 11 is 30.5. The molecule has 83 heavy (non-hydrogen) atoms. The molecule has 0 bridgehead atoms. The summed E-state index contributed by atoms with van der Waals surface area (Å²) in [5, 5.41) is 4.12. The summed E-state index contributed by atoms with van der Waals surface area (Å²) in [6, 6.07) is 24.5. The highest BCUT2D eigenvalue weighted by Crippen LogP contribution is 2.46. The Balaban J connectivity index is 0.000000267. The zero-order chi connectivity index (χ0) is 60.5. The Morgan fingerprint density at radius 3 is 1.27 bits per heavy atom. The molecular weight excluding hydrogens is 1180 g/mol. The molecule has 2 fully saturated rings. The molecule has 4 aromatic carbocycles. The third-order valence-corrected chi connectivity index (χ3v) is 16.2. The minimum atomic E-state index is -0.621. The normalized spacial score (nSPS) is 20.5. The molecule has 3 amide bonds. The molecule has 20 heteroatoms. The number of ether oxygens (including phenoxy) is 2. The van der Waals surface area contributed by atoms with Gasteiger partial charge in [0.15, 0.2) is 0 Å². The zero-order valence-corrected chi connectivity index (χ0v) is 53.6. The highest BCUT2D eigenvalue weighted by atomic mass is 35.5. The molecular formula is C63H78Cl6N6O8. The first kappa shape index (κ1) is 68.7. The molecule has 2 aliphatic heterocycles. The lowest BCUT2D eigenvalue weighted by atomic mass is 9.76. The van der Waals surface area contributed by atoms with Crippen molar-refractivity contribution >= 4 is 117 Å². The quantitative estimate of drug-likeness (QED) is 0.0914. The van der Waals surface area contributed by atoms with Gasteiger partial charge in [-0.2, -0.15) is 0 Å². The molecule has 2 spiro atoms. The second-order valence-electron chi connectivity index (χ2n) is 24.2. The fourth-order valence-corrected chi connectivity index (χ4v) is 12.0. The Kier molecular flexibility index (Phi) is 24.3. The van der Waals surface area contributed by atoms with Gasteiger partial charge in [0.2, 0.25) is 0 Å². The number of hydrogen-bond donors (Lipinski definition) is 2. The lowest BCUT2D eigenvalue weighted by molar-refractivity contribution is -0.155. The fourth-order valence-electron chi connectivity index (χ4n) is 10.8. The molecule has 3 N–H and O–H groups in total. The molecule has 0 radical (unpaired) electrons. The molecule has 450 valence electrons. The number of amides is 3. The standard InChI is InChI=1S/C32H39Cl2N3O4.C25H25Cl3N2O2.C6H13NO2.ClH/c1-20(2)22-10-13-32(14-11-22)36-28(24-16-25(33)18-26(34)17-24)30(40)37(32)19-21-6-8-23(9-7-21)29(39)35-15-12-27(38)41-31(3,4)5;1-15(2)17-7-9-25(10-8-17)29-22(19-11-20(26)13-21(27)12-19)24(32)30(25)14-16-3-5-18(6-4-16)23(28)31;1-6(2,3)9-5(8)4-7;/h6-9,16-18,20,22H,10-15,19H2,1-5H3,(H,35,39);3-6,11-13,15,17H,7-10,14H2,1-2H3;4,7H2,1-3H3;1H. The summed E-state index contributed by atoms with van der Waals surface area (Å²) < 4.78 is 10.1. The first-order chi connectivity index (χ1) is 38.4. The zero-order valence-electron chi connectivity index (χ0n) is 49.0. The lowest BCUT2D eigenvalue weighted by Gasteiger charge is -2.42. The summed E-state index contributed by atoms with van der Waals surface area (Å²) in [6.07, 6.45) is 7.35. The second kappa shape index (κ2) is 29.4. The van der Waals surface area contributed by atoms with E-state index in [4.69, 9.17) is 83.2 Å². The monoisotopic (exact) mass is 1260 g/mol. The van der Waals surface area contributed by atoms with Crippen LogP contribution in [0.2, 0.25) is 20.1 Å². The number of esters is 2. The Hall–Kier alpha value is -5.06. The van der Waals surface area contributed by atoms with Gasteiger partial charge in [-0.25, -0.2) is 0 Å². The average molecular weight is 1260 g/mol. The minimum absolute atomic E-state index is 0. The fraction of sp³-hybridized carbons (Fsp3) is 0.492. The number of aliphatic imine (C=N–C) groups is 2. The summed E-state index contributed by atoms with van der Waals surface area (Å²) in [7, 11) is 0. The molecule has 0 aromatic heterocycles. The van der Waals surface area contributed by atoms with Gasteiger partial charge in [0.1, 0.15) is 34.0 Å². The van der Waals surface area contributed by atoms with Crippen molar-refractivity contribution in [2.24, 2.45) is 39.4 Å². The van der Waals surface area contributed by atoms with E-state index in [-0.39, 0.29) is 61.6 Å². The molecule has 0 unspecified atom stereocenters. The van der Waals surface area contributed by atoms with E-state index in [9.17, 15) is 28.8 Å². The molecule has 2 saturated carbocycles. The van der Waals surface area contributed by atoms with Crippen LogP contribution >= 0.6 is 70.4 Å². The predicted molar refractivity (Wildman–Crippen MR) is 334 cm³/mol. The van der Waals surface area contributed by atoms with E-state index < -0.39 is 27.8 Å². The van der Waals surface area contributed by atoms with Gasteiger partial charge in [0, 0.05) is 62.0 Å². The maximum atomic E-state index is 13.9. The molecule has 8 rings (SSSR count). The van der Waals surface area contributed by atoms with Gasteiger partial charge in [0.05, 0.1) is 13.0 Å². The van der Waals surface area contributed by atoms with Crippen LogP contribution in [0.5, 0.6) is 0 Å². The number of rotatable bonds is 14. The van der Waals surface area contributed by atoms with E-state index in [1.807, 2.05) is 34.1 Å². The molecule has 2 aliphatic carbocycles. The van der Waals surface area contributed by atoms with E-state index >= 15 is 0 Å². The van der Waals surface area contributed by atoms with Crippen molar-refractivity contribution in [1.82, 2.24) is 15.1 Å². The van der Waals surface area contributed by atoms with E-state index in [1.54, 1.807) is 102 Å². The third-order valence-electron chi connectivity index (χ3n) is 15.1. The van der Waals surface area contributed by atoms with Crippen molar-refractivity contribution in [1.29, 1.82) is 0 Å². The van der Waals surface area contributed by atoms with Crippen LogP contribution in [-0.2, 0) is 41.7 Å². The number of halogens is 6. The maximum absolute atomic E-state index is 13.9. The number of carbonyl (C=O) groups is 6. The summed E-state index contributed by atoms with van der Waals surface area (Å²) in [4.78, 5) is 87.8.